The van der Waals surface area contributed by atoms with Crippen LogP contribution in [0.2, 0.25) is 0 Å². The zero-order valence-corrected chi connectivity index (χ0v) is 14.0. The van der Waals surface area contributed by atoms with Crippen LogP contribution in [-0.4, -0.2) is 26.8 Å². The monoisotopic (exact) mass is 287 g/mol. The molecular formula is C16H25N5. The van der Waals surface area contributed by atoms with E-state index in [-0.39, 0.29) is 5.41 Å². The first kappa shape index (κ1) is 15.5. The van der Waals surface area contributed by atoms with Crippen LogP contribution in [0.4, 0.5) is 5.82 Å². The Morgan fingerprint density at radius 1 is 1.19 bits per heavy atom. The number of nitrogens with zero attached hydrogens (tertiary/aromatic N) is 4. The molecule has 21 heavy (non-hydrogen) atoms. The molecule has 1 N–H and O–H groups in total. The Morgan fingerprint density at radius 3 is 2.38 bits per heavy atom. The second-order valence-electron chi connectivity index (χ2n) is 6.72. The molecule has 0 saturated carbocycles. The van der Waals surface area contributed by atoms with Crippen LogP contribution in [0.3, 0.4) is 0 Å². The smallest absolute Gasteiger partial charge is 0.165 e. The number of nitrogens with one attached hydrogen (secondary N) is 1. The predicted molar refractivity (Wildman–Crippen MR) is 86.6 cm³/mol. The minimum Gasteiger partial charge on any atom is -0.373 e. The topological polar surface area (TPSA) is 55.6 Å². The van der Waals surface area contributed by atoms with E-state index in [1.54, 1.807) is 0 Å². The molecular weight excluding hydrogens is 262 g/mol. The van der Waals surface area contributed by atoms with Gasteiger partial charge in [-0.3, -0.25) is 4.68 Å². The summed E-state index contributed by atoms with van der Waals surface area (Å²) in [5.74, 6) is 1.93. The van der Waals surface area contributed by atoms with E-state index >= 15 is 0 Å². The average Bonchev–Trinajstić information content (AvgIpc) is 2.80. The Kier molecular flexibility index (Phi) is 4.03. The van der Waals surface area contributed by atoms with Crippen molar-refractivity contribution in [3.63, 3.8) is 0 Å². The fraction of sp³-hybridized carbons (Fsp3) is 0.562. The minimum atomic E-state index is -0.0480. The molecule has 0 aromatic carbocycles. The van der Waals surface area contributed by atoms with Gasteiger partial charge in [0.2, 0.25) is 0 Å². The number of anilines is 1. The molecule has 2 heterocycles. The first-order valence-electron chi connectivity index (χ1n) is 7.33. The van der Waals surface area contributed by atoms with Gasteiger partial charge in [-0.25, -0.2) is 9.97 Å². The van der Waals surface area contributed by atoms with Crippen LogP contribution in [-0.2, 0) is 12.5 Å². The Hall–Kier alpha value is -1.91. The van der Waals surface area contributed by atoms with Gasteiger partial charge in [-0.05, 0) is 5.92 Å². The van der Waals surface area contributed by atoms with E-state index in [2.05, 4.69) is 50.0 Å². The second-order valence-corrected chi connectivity index (χ2v) is 6.72. The highest BCUT2D eigenvalue weighted by Crippen LogP contribution is 2.31. The van der Waals surface area contributed by atoms with Crippen molar-refractivity contribution in [3.05, 3.63) is 23.7 Å². The Balaban J connectivity index is 2.64. The summed E-state index contributed by atoms with van der Waals surface area (Å²) in [6, 6.07) is 2.00. The molecule has 0 unspecified atom stereocenters. The summed E-state index contributed by atoms with van der Waals surface area (Å²) in [6.07, 6.45) is 2.00. The van der Waals surface area contributed by atoms with Gasteiger partial charge in [0, 0.05) is 37.5 Å². The molecule has 0 radical (unpaired) electrons. The highest BCUT2D eigenvalue weighted by atomic mass is 15.3. The molecule has 5 heteroatoms. The maximum atomic E-state index is 4.73. The molecule has 0 bridgehead atoms. The van der Waals surface area contributed by atoms with E-state index in [1.807, 2.05) is 31.0 Å². The van der Waals surface area contributed by atoms with Crippen LogP contribution in [0.1, 0.15) is 51.9 Å². The highest BCUT2D eigenvalue weighted by Gasteiger charge is 2.24. The van der Waals surface area contributed by atoms with Crippen LogP contribution < -0.4 is 5.32 Å². The third-order valence-electron chi connectivity index (χ3n) is 3.37. The highest BCUT2D eigenvalue weighted by molar-refractivity contribution is 5.61. The molecule has 0 spiro atoms. The molecule has 0 atom stereocenters. The van der Waals surface area contributed by atoms with Gasteiger partial charge in [-0.1, -0.05) is 34.6 Å². The van der Waals surface area contributed by atoms with Crippen molar-refractivity contribution >= 4 is 5.82 Å². The SMILES string of the molecule is CNc1cc(C(C)C)nc(-c2cn(C)nc2C(C)(C)C)n1. The summed E-state index contributed by atoms with van der Waals surface area (Å²) in [7, 11) is 3.81. The Bertz CT molecular complexity index is 635. The lowest BCUT2D eigenvalue weighted by atomic mass is 9.89. The van der Waals surface area contributed by atoms with E-state index in [0.717, 1.165) is 28.6 Å². The standard InChI is InChI=1S/C16H25N5/c1-10(2)12-8-13(17-6)19-15(18-12)11-9-21(7)20-14(11)16(3,4)5/h8-10H,1-7H3,(H,17,18,19). The van der Waals surface area contributed by atoms with Crippen LogP contribution in [0, 0.1) is 0 Å². The fourth-order valence-corrected chi connectivity index (χ4v) is 2.22. The van der Waals surface area contributed by atoms with Crippen molar-refractivity contribution in [1.82, 2.24) is 19.7 Å². The predicted octanol–water partition coefficient (Wildman–Crippen LogP) is 3.34. The van der Waals surface area contributed by atoms with E-state index in [4.69, 9.17) is 4.98 Å². The maximum absolute atomic E-state index is 4.73. The Morgan fingerprint density at radius 2 is 1.86 bits per heavy atom. The molecule has 2 rings (SSSR count). The number of aromatic nitrogens is 4. The van der Waals surface area contributed by atoms with Gasteiger partial charge >= 0.3 is 0 Å². The van der Waals surface area contributed by atoms with Gasteiger partial charge in [0.15, 0.2) is 5.82 Å². The van der Waals surface area contributed by atoms with E-state index in [0.29, 0.717) is 5.92 Å². The molecule has 2 aromatic heterocycles. The molecule has 0 fully saturated rings. The molecule has 114 valence electrons. The zero-order chi connectivity index (χ0) is 15.8. The molecule has 0 amide bonds. The fourth-order valence-electron chi connectivity index (χ4n) is 2.22. The maximum Gasteiger partial charge on any atom is 0.165 e. The van der Waals surface area contributed by atoms with Gasteiger partial charge < -0.3 is 5.32 Å². The van der Waals surface area contributed by atoms with Gasteiger partial charge in [0.1, 0.15) is 5.82 Å². The zero-order valence-electron chi connectivity index (χ0n) is 14.0. The number of hydrogen-bond donors (Lipinski definition) is 1. The summed E-state index contributed by atoms with van der Waals surface area (Å²) in [6.45, 7) is 10.7. The molecule has 0 aliphatic carbocycles. The van der Waals surface area contributed by atoms with Crippen molar-refractivity contribution in [1.29, 1.82) is 0 Å². The van der Waals surface area contributed by atoms with E-state index in [1.165, 1.54) is 0 Å². The van der Waals surface area contributed by atoms with Crippen LogP contribution in [0.25, 0.3) is 11.4 Å². The van der Waals surface area contributed by atoms with Crippen molar-refractivity contribution in [2.24, 2.45) is 7.05 Å². The molecule has 0 saturated heterocycles. The van der Waals surface area contributed by atoms with Crippen molar-refractivity contribution in [2.75, 3.05) is 12.4 Å². The first-order valence-corrected chi connectivity index (χ1v) is 7.33. The Labute approximate surface area is 126 Å². The van der Waals surface area contributed by atoms with Crippen molar-refractivity contribution in [2.45, 2.75) is 46.0 Å². The van der Waals surface area contributed by atoms with Crippen molar-refractivity contribution < 1.29 is 0 Å². The van der Waals surface area contributed by atoms with Gasteiger partial charge in [0.25, 0.3) is 0 Å². The normalized spacial score (nSPS) is 12.0. The molecule has 5 nitrogen and oxygen atoms in total. The lowest BCUT2D eigenvalue weighted by molar-refractivity contribution is 0.554. The summed E-state index contributed by atoms with van der Waals surface area (Å²) in [4.78, 5) is 9.35. The van der Waals surface area contributed by atoms with E-state index < -0.39 is 0 Å². The molecule has 2 aromatic rings. The van der Waals surface area contributed by atoms with Gasteiger partial charge in [-0.2, -0.15) is 5.10 Å². The van der Waals surface area contributed by atoms with Gasteiger partial charge in [-0.15, -0.1) is 0 Å². The number of hydrogen-bond acceptors (Lipinski definition) is 4. The molecule has 0 aliphatic heterocycles. The third-order valence-corrected chi connectivity index (χ3v) is 3.37. The summed E-state index contributed by atoms with van der Waals surface area (Å²) in [5.41, 5.74) is 3.01. The summed E-state index contributed by atoms with van der Waals surface area (Å²) >= 11 is 0. The lowest BCUT2D eigenvalue weighted by Gasteiger charge is -2.17. The lowest BCUT2D eigenvalue weighted by Crippen LogP contribution is -2.14. The van der Waals surface area contributed by atoms with Crippen LogP contribution in [0.15, 0.2) is 12.3 Å². The largest absolute Gasteiger partial charge is 0.373 e. The third kappa shape index (κ3) is 3.23. The average molecular weight is 287 g/mol. The van der Waals surface area contributed by atoms with Gasteiger partial charge in [0.05, 0.1) is 11.3 Å². The van der Waals surface area contributed by atoms with Crippen molar-refractivity contribution in [3.8, 4) is 11.4 Å². The first-order chi connectivity index (χ1) is 9.72. The van der Waals surface area contributed by atoms with Crippen LogP contribution in [0.5, 0.6) is 0 Å². The van der Waals surface area contributed by atoms with Crippen LogP contribution >= 0.6 is 0 Å². The summed E-state index contributed by atoms with van der Waals surface area (Å²) < 4.78 is 1.83. The quantitative estimate of drug-likeness (QED) is 0.940. The molecule has 0 aliphatic rings. The second kappa shape index (κ2) is 5.47. The summed E-state index contributed by atoms with van der Waals surface area (Å²) in [5, 5.41) is 7.72. The number of aryl methyl sites for hydroxylation is 1. The van der Waals surface area contributed by atoms with E-state index in [9.17, 15) is 0 Å². The minimum absolute atomic E-state index is 0.0480. The number of rotatable bonds is 3.